The molecule has 5 heteroatoms. The fraction of sp³-hybridized carbons (Fsp3) is 0.867. The quantitative estimate of drug-likeness (QED) is 0.786. The van der Waals surface area contributed by atoms with E-state index in [0.717, 1.165) is 19.4 Å². The molecule has 2 amide bonds. The van der Waals surface area contributed by atoms with E-state index in [1.54, 1.807) is 27.7 Å². The predicted octanol–water partition coefficient (Wildman–Crippen LogP) is 2.46. The van der Waals surface area contributed by atoms with Gasteiger partial charge in [0.15, 0.2) is 0 Å². The Morgan fingerprint density at radius 1 is 1.15 bits per heavy atom. The second-order valence-corrected chi connectivity index (χ2v) is 7.31. The number of nitrogens with zero attached hydrogens (tertiary/aromatic N) is 1. The van der Waals surface area contributed by atoms with Crippen molar-refractivity contribution in [3.05, 3.63) is 0 Å². The molecule has 2 N–H and O–H groups in total. The molecule has 0 aromatic rings. The van der Waals surface area contributed by atoms with Gasteiger partial charge in [-0.25, -0.2) is 4.79 Å². The van der Waals surface area contributed by atoms with Crippen molar-refractivity contribution in [1.82, 2.24) is 10.2 Å². The molecule has 0 aliphatic heterocycles. The predicted molar refractivity (Wildman–Crippen MR) is 76.5 cm³/mol. The summed E-state index contributed by atoms with van der Waals surface area (Å²) in [5.41, 5.74) is -1.82. The van der Waals surface area contributed by atoms with E-state index < -0.39 is 16.9 Å². The Bertz CT molecular complexity index is 409. The average Bonchev–Trinajstić information content (AvgIpc) is 3.17. The number of urea groups is 1. The van der Waals surface area contributed by atoms with Gasteiger partial charge >= 0.3 is 12.0 Å². The third-order valence-electron chi connectivity index (χ3n) is 4.92. The van der Waals surface area contributed by atoms with Gasteiger partial charge in [-0.2, -0.15) is 0 Å². The lowest BCUT2D eigenvalue weighted by Gasteiger charge is -2.40. The molecule has 114 valence electrons. The van der Waals surface area contributed by atoms with E-state index in [-0.39, 0.29) is 6.03 Å². The van der Waals surface area contributed by atoms with Gasteiger partial charge in [0.25, 0.3) is 0 Å². The smallest absolute Gasteiger partial charge is 0.318 e. The van der Waals surface area contributed by atoms with Crippen LogP contribution in [0.4, 0.5) is 4.79 Å². The Balaban J connectivity index is 2.02. The topological polar surface area (TPSA) is 69.6 Å². The Kier molecular flexibility index (Phi) is 3.73. The van der Waals surface area contributed by atoms with Crippen LogP contribution in [0.3, 0.4) is 0 Å². The van der Waals surface area contributed by atoms with Crippen LogP contribution in [-0.2, 0) is 4.79 Å². The third-order valence-corrected chi connectivity index (χ3v) is 4.92. The normalized spacial score (nSPS) is 19.6. The van der Waals surface area contributed by atoms with Crippen LogP contribution in [0, 0.1) is 11.3 Å². The van der Waals surface area contributed by atoms with Crippen molar-refractivity contribution in [3.8, 4) is 0 Å². The Morgan fingerprint density at radius 2 is 1.70 bits per heavy atom. The highest BCUT2D eigenvalue weighted by Gasteiger charge is 2.46. The van der Waals surface area contributed by atoms with Crippen LogP contribution in [0.15, 0.2) is 0 Å². The summed E-state index contributed by atoms with van der Waals surface area (Å²) in [5.74, 6) is -0.250. The maximum absolute atomic E-state index is 12.5. The Labute approximate surface area is 120 Å². The molecule has 2 aliphatic rings. The third kappa shape index (κ3) is 3.07. The molecule has 0 aromatic carbocycles. The first-order chi connectivity index (χ1) is 9.15. The minimum Gasteiger partial charge on any atom is -0.481 e. The van der Waals surface area contributed by atoms with Crippen LogP contribution in [0.25, 0.3) is 0 Å². The summed E-state index contributed by atoms with van der Waals surface area (Å²) < 4.78 is 0. The van der Waals surface area contributed by atoms with Crippen molar-refractivity contribution < 1.29 is 14.7 Å². The largest absolute Gasteiger partial charge is 0.481 e. The lowest BCUT2D eigenvalue weighted by Crippen LogP contribution is -2.60. The first-order valence-electron chi connectivity index (χ1n) is 7.47. The molecule has 5 nitrogen and oxygen atoms in total. The Hall–Kier alpha value is -1.26. The van der Waals surface area contributed by atoms with Gasteiger partial charge in [-0.15, -0.1) is 0 Å². The number of hydrogen-bond donors (Lipinski definition) is 2. The second-order valence-electron chi connectivity index (χ2n) is 7.31. The average molecular weight is 282 g/mol. The van der Waals surface area contributed by atoms with E-state index in [1.807, 2.05) is 4.90 Å². The van der Waals surface area contributed by atoms with E-state index in [2.05, 4.69) is 5.32 Å². The van der Waals surface area contributed by atoms with Gasteiger partial charge in [0, 0.05) is 12.6 Å². The van der Waals surface area contributed by atoms with Gasteiger partial charge < -0.3 is 15.3 Å². The molecular formula is C15H26N2O3. The number of rotatable bonds is 6. The van der Waals surface area contributed by atoms with Crippen LogP contribution >= 0.6 is 0 Å². The highest BCUT2D eigenvalue weighted by atomic mass is 16.4. The molecule has 2 saturated carbocycles. The number of carbonyl (C=O) groups excluding carboxylic acids is 1. The summed E-state index contributed by atoms with van der Waals surface area (Å²) >= 11 is 0. The molecule has 0 unspecified atom stereocenters. The zero-order chi connectivity index (χ0) is 15.1. The molecular weight excluding hydrogens is 256 g/mol. The van der Waals surface area contributed by atoms with Crippen molar-refractivity contribution >= 4 is 12.0 Å². The molecule has 0 saturated heterocycles. The van der Waals surface area contributed by atoms with Crippen molar-refractivity contribution in [2.24, 2.45) is 11.3 Å². The summed E-state index contributed by atoms with van der Waals surface area (Å²) in [6, 6.07) is 0.248. The summed E-state index contributed by atoms with van der Waals surface area (Å²) in [5, 5.41) is 12.3. The first kappa shape index (κ1) is 15.1. The van der Waals surface area contributed by atoms with E-state index in [0.29, 0.717) is 12.0 Å². The van der Waals surface area contributed by atoms with Gasteiger partial charge in [0.05, 0.1) is 11.0 Å². The van der Waals surface area contributed by atoms with Crippen LogP contribution in [0.1, 0.15) is 53.4 Å². The monoisotopic (exact) mass is 282 g/mol. The molecule has 20 heavy (non-hydrogen) atoms. The lowest BCUT2D eigenvalue weighted by molar-refractivity contribution is -0.150. The second kappa shape index (κ2) is 4.93. The molecule has 2 rings (SSSR count). The zero-order valence-electron chi connectivity index (χ0n) is 12.9. The number of hydrogen-bond acceptors (Lipinski definition) is 2. The molecule has 2 fully saturated rings. The highest BCUT2D eigenvalue weighted by molar-refractivity contribution is 5.80. The van der Waals surface area contributed by atoms with E-state index >= 15 is 0 Å². The number of aliphatic carboxylic acids is 1. The molecule has 0 atom stereocenters. The van der Waals surface area contributed by atoms with E-state index in [4.69, 9.17) is 0 Å². The summed E-state index contributed by atoms with van der Waals surface area (Å²) in [6.07, 6.45) is 4.56. The van der Waals surface area contributed by atoms with Gasteiger partial charge in [0.1, 0.15) is 0 Å². The number of carboxylic acids is 1. The van der Waals surface area contributed by atoms with Gasteiger partial charge in [-0.3, -0.25) is 4.79 Å². The van der Waals surface area contributed by atoms with Gasteiger partial charge in [-0.05, 0) is 59.3 Å². The van der Waals surface area contributed by atoms with Crippen molar-refractivity contribution in [2.75, 3.05) is 6.54 Å². The standard InChI is InChI=1S/C15H26N2O3/c1-14(2,12(18)19)15(3,4)16-13(20)17(11-7-8-11)9-10-5-6-10/h10-11H,5-9H2,1-4H3,(H,16,20)(H,18,19). The molecule has 0 radical (unpaired) electrons. The van der Waals surface area contributed by atoms with Crippen molar-refractivity contribution in [1.29, 1.82) is 0 Å². The number of nitrogens with one attached hydrogen (secondary N) is 1. The van der Waals surface area contributed by atoms with Crippen LogP contribution in [0.5, 0.6) is 0 Å². The SMILES string of the molecule is CC(C)(NC(=O)N(CC1CC1)C1CC1)C(C)(C)C(=O)O. The fourth-order valence-electron chi connectivity index (χ4n) is 2.13. The highest BCUT2D eigenvalue weighted by Crippen LogP contribution is 2.36. The lowest BCUT2D eigenvalue weighted by atomic mass is 9.74. The van der Waals surface area contributed by atoms with Gasteiger partial charge in [0.2, 0.25) is 0 Å². The minimum atomic E-state index is -1.02. The summed E-state index contributed by atoms with van der Waals surface area (Å²) in [7, 11) is 0. The van der Waals surface area contributed by atoms with Crippen molar-refractivity contribution in [3.63, 3.8) is 0 Å². The number of carbonyl (C=O) groups is 2. The maximum Gasteiger partial charge on any atom is 0.318 e. The molecule has 0 spiro atoms. The molecule has 2 aliphatic carbocycles. The maximum atomic E-state index is 12.5. The number of carboxylic acid groups (broad SMARTS) is 1. The van der Waals surface area contributed by atoms with E-state index in [1.165, 1.54) is 12.8 Å². The number of amides is 2. The van der Waals surface area contributed by atoms with Crippen LogP contribution in [0.2, 0.25) is 0 Å². The van der Waals surface area contributed by atoms with Crippen LogP contribution < -0.4 is 5.32 Å². The first-order valence-corrected chi connectivity index (χ1v) is 7.47. The zero-order valence-corrected chi connectivity index (χ0v) is 12.9. The van der Waals surface area contributed by atoms with Crippen molar-refractivity contribution in [2.45, 2.75) is 65.0 Å². The molecule has 0 bridgehead atoms. The molecule has 0 aromatic heterocycles. The fourth-order valence-corrected chi connectivity index (χ4v) is 2.13. The minimum absolute atomic E-state index is 0.112. The van der Waals surface area contributed by atoms with Gasteiger partial charge in [-0.1, -0.05) is 0 Å². The summed E-state index contributed by atoms with van der Waals surface area (Å²) in [6.45, 7) is 7.68. The van der Waals surface area contributed by atoms with Crippen LogP contribution in [-0.4, -0.2) is 40.1 Å². The summed E-state index contributed by atoms with van der Waals surface area (Å²) in [4.78, 5) is 25.8. The van der Waals surface area contributed by atoms with E-state index in [9.17, 15) is 14.7 Å². The Morgan fingerprint density at radius 3 is 2.10 bits per heavy atom. The molecule has 0 heterocycles.